The SMILES string of the molecule is CC(C)(C)CCOC(=O)n1c(C(=O)O)cc2cc(OCC[C@H]3COC(C)(C)O3)ccc21. The Morgan fingerprint density at radius 1 is 1.23 bits per heavy atom. The molecule has 1 aromatic heterocycles. The molecule has 3 rings (SSSR count). The second-order valence-electron chi connectivity index (χ2n) is 9.40. The molecule has 1 aliphatic heterocycles. The summed E-state index contributed by atoms with van der Waals surface area (Å²) in [5.74, 6) is -1.19. The maximum atomic E-state index is 12.6. The van der Waals surface area contributed by atoms with Crippen LogP contribution in [0.1, 0.15) is 57.9 Å². The van der Waals surface area contributed by atoms with Gasteiger partial charge in [-0.1, -0.05) is 20.8 Å². The molecule has 2 heterocycles. The second kappa shape index (κ2) is 8.88. The molecule has 0 unspecified atom stereocenters. The summed E-state index contributed by atoms with van der Waals surface area (Å²) >= 11 is 0. The summed E-state index contributed by atoms with van der Waals surface area (Å²) in [7, 11) is 0. The summed E-state index contributed by atoms with van der Waals surface area (Å²) in [5.41, 5.74) is 0.318. The molecule has 0 spiro atoms. The van der Waals surface area contributed by atoms with Crippen molar-refractivity contribution in [2.75, 3.05) is 19.8 Å². The molecule has 0 radical (unpaired) electrons. The molecule has 0 amide bonds. The lowest BCUT2D eigenvalue weighted by Gasteiger charge is -2.18. The van der Waals surface area contributed by atoms with Crippen LogP contribution in [0.4, 0.5) is 4.79 Å². The van der Waals surface area contributed by atoms with Gasteiger partial charge in [-0.05, 0) is 49.9 Å². The molecule has 1 aromatic carbocycles. The predicted molar refractivity (Wildman–Crippen MR) is 115 cm³/mol. The minimum absolute atomic E-state index is 0.00627. The first-order valence-electron chi connectivity index (χ1n) is 10.5. The topological polar surface area (TPSA) is 96.2 Å². The van der Waals surface area contributed by atoms with E-state index in [1.165, 1.54) is 6.07 Å². The van der Waals surface area contributed by atoms with Gasteiger partial charge in [0, 0.05) is 11.8 Å². The van der Waals surface area contributed by atoms with Crippen LogP contribution in [-0.4, -0.2) is 53.4 Å². The number of rotatable bonds is 7. The molecular weight excluding hydrogens is 402 g/mol. The van der Waals surface area contributed by atoms with Crippen molar-refractivity contribution in [3.63, 3.8) is 0 Å². The molecular formula is C23H31NO7. The van der Waals surface area contributed by atoms with Gasteiger partial charge in [0.05, 0.1) is 31.4 Å². The molecule has 31 heavy (non-hydrogen) atoms. The molecule has 1 atom stereocenters. The fraction of sp³-hybridized carbons (Fsp3) is 0.565. The van der Waals surface area contributed by atoms with Crippen LogP contribution in [0.15, 0.2) is 24.3 Å². The van der Waals surface area contributed by atoms with Gasteiger partial charge in [-0.15, -0.1) is 0 Å². The van der Waals surface area contributed by atoms with Gasteiger partial charge in [-0.3, -0.25) is 0 Å². The number of aromatic nitrogens is 1. The molecule has 0 saturated carbocycles. The molecule has 1 saturated heterocycles. The number of carbonyl (C=O) groups excluding carboxylic acids is 1. The monoisotopic (exact) mass is 433 g/mol. The molecule has 1 N–H and O–H groups in total. The van der Waals surface area contributed by atoms with Gasteiger partial charge in [0.1, 0.15) is 11.4 Å². The lowest BCUT2D eigenvalue weighted by atomic mass is 9.93. The van der Waals surface area contributed by atoms with Crippen LogP contribution in [0, 0.1) is 5.41 Å². The summed E-state index contributed by atoms with van der Waals surface area (Å²) in [6, 6.07) is 6.55. The fourth-order valence-corrected chi connectivity index (χ4v) is 3.36. The summed E-state index contributed by atoms with van der Waals surface area (Å²) < 4.78 is 23.5. The highest BCUT2D eigenvalue weighted by Crippen LogP contribution is 2.27. The number of carbonyl (C=O) groups is 2. The van der Waals surface area contributed by atoms with Crippen LogP contribution in [-0.2, 0) is 14.2 Å². The number of hydrogen-bond acceptors (Lipinski definition) is 6. The van der Waals surface area contributed by atoms with Crippen LogP contribution < -0.4 is 4.74 Å². The molecule has 2 aromatic rings. The van der Waals surface area contributed by atoms with Gasteiger partial charge in [0.25, 0.3) is 0 Å². The number of carboxylic acid groups (broad SMARTS) is 1. The van der Waals surface area contributed by atoms with E-state index in [4.69, 9.17) is 18.9 Å². The lowest BCUT2D eigenvalue weighted by molar-refractivity contribution is -0.139. The Kier molecular flexibility index (Phi) is 6.62. The van der Waals surface area contributed by atoms with Gasteiger partial charge in [-0.25, -0.2) is 14.2 Å². The van der Waals surface area contributed by atoms with Crippen molar-refractivity contribution >= 4 is 23.0 Å². The highest BCUT2D eigenvalue weighted by Gasteiger charge is 2.32. The average molecular weight is 434 g/mol. The van der Waals surface area contributed by atoms with E-state index >= 15 is 0 Å². The third-order valence-corrected chi connectivity index (χ3v) is 5.03. The molecule has 1 aliphatic rings. The van der Waals surface area contributed by atoms with E-state index in [1.807, 2.05) is 34.6 Å². The number of carboxylic acids is 1. The van der Waals surface area contributed by atoms with Crippen LogP contribution in [0.5, 0.6) is 5.75 Å². The van der Waals surface area contributed by atoms with Crippen molar-refractivity contribution < 1.29 is 33.6 Å². The van der Waals surface area contributed by atoms with E-state index in [0.717, 1.165) is 4.57 Å². The Morgan fingerprint density at radius 2 is 1.97 bits per heavy atom. The van der Waals surface area contributed by atoms with E-state index in [-0.39, 0.29) is 23.8 Å². The van der Waals surface area contributed by atoms with Crippen LogP contribution in [0.25, 0.3) is 10.9 Å². The standard InChI is InChI=1S/C23H31NO7/c1-22(2,3)9-11-29-21(27)24-18-7-6-16(12-15(18)13-19(24)20(25)26)28-10-8-17-14-30-23(4,5)31-17/h6-7,12-13,17H,8-11,14H2,1-5H3,(H,25,26)/t17-/m0/s1. The summed E-state index contributed by atoms with van der Waals surface area (Å²) in [4.78, 5) is 24.3. The van der Waals surface area contributed by atoms with Crippen molar-refractivity contribution in [3.8, 4) is 5.75 Å². The van der Waals surface area contributed by atoms with Crippen molar-refractivity contribution in [1.82, 2.24) is 4.57 Å². The number of ether oxygens (including phenoxy) is 4. The van der Waals surface area contributed by atoms with Gasteiger partial charge in [-0.2, -0.15) is 0 Å². The number of hydrogen-bond donors (Lipinski definition) is 1. The third kappa shape index (κ3) is 5.98. The zero-order valence-electron chi connectivity index (χ0n) is 18.8. The van der Waals surface area contributed by atoms with Crippen molar-refractivity contribution in [2.45, 2.75) is 59.4 Å². The molecule has 170 valence electrons. The fourth-order valence-electron chi connectivity index (χ4n) is 3.36. The number of benzene rings is 1. The number of nitrogens with zero attached hydrogens (tertiary/aromatic N) is 1. The van der Waals surface area contributed by atoms with E-state index in [2.05, 4.69) is 0 Å². The Bertz CT molecular complexity index is 955. The van der Waals surface area contributed by atoms with Crippen molar-refractivity contribution in [3.05, 3.63) is 30.0 Å². The second-order valence-corrected chi connectivity index (χ2v) is 9.40. The normalized spacial score (nSPS) is 18.3. The number of fused-ring (bicyclic) bond motifs is 1. The van der Waals surface area contributed by atoms with Crippen molar-refractivity contribution in [2.24, 2.45) is 5.41 Å². The first-order valence-corrected chi connectivity index (χ1v) is 10.5. The zero-order chi connectivity index (χ0) is 22.8. The maximum absolute atomic E-state index is 12.6. The van der Waals surface area contributed by atoms with E-state index in [0.29, 0.717) is 42.7 Å². The van der Waals surface area contributed by atoms with Crippen LogP contribution in [0.2, 0.25) is 0 Å². The van der Waals surface area contributed by atoms with Gasteiger partial charge in [0.2, 0.25) is 0 Å². The molecule has 8 heteroatoms. The van der Waals surface area contributed by atoms with Gasteiger partial charge >= 0.3 is 12.1 Å². The van der Waals surface area contributed by atoms with Gasteiger partial charge < -0.3 is 24.1 Å². The first kappa shape index (κ1) is 23.1. The summed E-state index contributed by atoms with van der Waals surface area (Å²) in [6.07, 6.45) is 0.612. The van der Waals surface area contributed by atoms with E-state index in [9.17, 15) is 14.7 Å². The Balaban J connectivity index is 1.70. The minimum atomic E-state index is -1.20. The maximum Gasteiger partial charge on any atom is 0.419 e. The highest BCUT2D eigenvalue weighted by molar-refractivity contribution is 6.01. The van der Waals surface area contributed by atoms with Crippen molar-refractivity contribution in [1.29, 1.82) is 0 Å². The van der Waals surface area contributed by atoms with Crippen LogP contribution >= 0.6 is 0 Å². The first-order chi connectivity index (χ1) is 14.5. The van der Waals surface area contributed by atoms with Gasteiger partial charge in [0.15, 0.2) is 5.79 Å². The molecule has 0 bridgehead atoms. The number of aromatic carboxylic acids is 1. The zero-order valence-corrected chi connectivity index (χ0v) is 18.8. The molecule has 8 nitrogen and oxygen atoms in total. The molecule has 0 aliphatic carbocycles. The van der Waals surface area contributed by atoms with Crippen LogP contribution in [0.3, 0.4) is 0 Å². The predicted octanol–water partition coefficient (Wildman–Crippen LogP) is 4.68. The minimum Gasteiger partial charge on any atom is -0.493 e. The quantitative estimate of drug-likeness (QED) is 0.677. The average Bonchev–Trinajstić information content (AvgIpc) is 3.20. The summed E-state index contributed by atoms with van der Waals surface area (Å²) in [6.45, 7) is 11.1. The summed E-state index contributed by atoms with van der Waals surface area (Å²) in [5, 5.41) is 10.1. The molecule has 1 fully saturated rings. The Morgan fingerprint density at radius 3 is 2.58 bits per heavy atom. The third-order valence-electron chi connectivity index (χ3n) is 5.03. The Labute approximate surface area is 182 Å². The van der Waals surface area contributed by atoms with E-state index in [1.54, 1.807) is 18.2 Å². The van der Waals surface area contributed by atoms with E-state index < -0.39 is 17.8 Å². The Hall–Kier alpha value is -2.58. The highest BCUT2D eigenvalue weighted by atomic mass is 16.7. The largest absolute Gasteiger partial charge is 0.493 e. The lowest BCUT2D eigenvalue weighted by Crippen LogP contribution is -2.22. The smallest absolute Gasteiger partial charge is 0.419 e.